The summed E-state index contributed by atoms with van der Waals surface area (Å²) < 4.78 is 5.02. The number of ether oxygens (including phenoxy) is 1. The van der Waals surface area contributed by atoms with Gasteiger partial charge in [-0.2, -0.15) is 0 Å². The Morgan fingerprint density at radius 3 is 2.59 bits per heavy atom. The van der Waals surface area contributed by atoms with Gasteiger partial charge >= 0.3 is 5.97 Å². The predicted molar refractivity (Wildman–Crippen MR) is 85.1 cm³/mol. The lowest BCUT2D eigenvalue weighted by Gasteiger charge is -2.29. The van der Waals surface area contributed by atoms with Crippen LogP contribution in [0.25, 0.3) is 0 Å². The molecule has 2 rings (SSSR count). The lowest BCUT2D eigenvalue weighted by molar-refractivity contribution is 0.0519. The molecule has 0 bridgehead atoms. The first-order valence-corrected chi connectivity index (χ1v) is 8.12. The third-order valence-corrected chi connectivity index (χ3v) is 4.57. The molecule has 1 saturated carbocycles. The fourth-order valence-corrected chi connectivity index (χ4v) is 3.27. The molecular weight excluding hydrogens is 280 g/mol. The summed E-state index contributed by atoms with van der Waals surface area (Å²) in [7, 11) is 0. The predicted octanol–water partition coefficient (Wildman–Crippen LogP) is 3.12. The lowest BCUT2D eigenvalue weighted by Crippen LogP contribution is -2.41. The van der Waals surface area contributed by atoms with Gasteiger partial charge in [-0.1, -0.05) is 19.8 Å². The fraction of sp³-hybridized carbons (Fsp3) is 0.647. The van der Waals surface area contributed by atoms with Gasteiger partial charge < -0.3 is 15.0 Å². The number of aromatic nitrogens is 1. The van der Waals surface area contributed by atoms with Crippen molar-refractivity contribution in [3.8, 4) is 0 Å². The highest BCUT2D eigenvalue weighted by atomic mass is 16.5. The molecule has 2 N–H and O–H groups in total. The number of amides is 1. The number of hydrogen-bond donors (Lipinski definition) is 2. The van der Waals surface area contributed by atoms with E-state index >= 15 is 0 Å². The Balaban J connectivity index is 2.17. The van der Waals surface area contributed by atoms with Gasteiger partial charge in [0.25, 0.3) is 5.91 Å². The zero-order valence-electron chi connectivity index (χ0n) is 13.9. The summed E-state index contributed by atoms with van der Waals surface area (Å²) in [5.74, 6) is -0.00415. The Hall–Kier alpha value is -1.78. The maximum atomic E-state index is 12.6. The van der Waals surface area contributed by atoms with Crippen LogP contribution in [-0.4, -0.2) is 29.5 Å². The molecule has 22 heavy (non-hydrogen) atoms. The second kappa shape index (κ2) is 6.99. The Kier molecular flexibility index (Phi) is 5.27. The molecule has 2 unspecified atom stereocenters. The van der Waals surface area contributed by atoms with Crippen LogP contribution in [-0.2, 0) is 4.74 Å². The first kappa shape index (κ1) is 16.6. The van der Waals surface area contributed by atoms with Crippen molar-refractivity contribution in [1.82, 2.24) is 10.3 Å². The summed E-state index contributed by atoms with van der Waals surface area (Å²) in [6, 6.07) is 0.223. The van der Waals surface area contributed by atoms with Crippen LogP contribution >= 0.6 is 0 Å². The molecule has 0 saturated heterocycles. The molecule has 1 aromatic heterocycles. The maximum absolute atomic E-state index is 12.6. The van der Waals surface area contributed by atoms with E-state index < -0.39 is 5.97 Å². The molecule has 0 spiro atoms. The minimum atomic E-state index is -0.409. The zero-order valence-corrected chi connectivity index (χ0v) is 13.9. The number of H-pyrrole nitrogens is 1. The first-order valence-electron chi connectivity index (χ1n) is 8.12. The van der Waals surface area contributed by atoms with Crippen LogP contribution in [0, 0.1) is 19.8 Å². The van der Waals surface area contributed by atoms with E-state index in [0.717, 1.165) is 19.3 Å². The van der Waals surface area contributed by atoms with Crippen molar-refractivity contribution in [2.45, 2.75) is 59.4 Å². The minimum absolute atomic E-state index is 0.0967. The Labute approximate surface area is 131 Å². The molecule has 1 heterocycles. The molecule has 1 aromatic rings. The normalized spacial score (nSPS) is 21.5. The molecule has 2 atom stereocenters. The number of aromatic amines is 1. The van der Waals surface area contributed by atoms with E-state index in [1.807, 2.05) is 6.92 Å². The van der Waals surface area contributed by atoms with Gasteiger partial charge in [0, 0.05) is 11.7 Å². The number of carbonyl (C=O) groups excluding carboxylic acids is 2. The average molecular weight is 306 g/mol. The zero-order chi connectivity index (χ0) is 16.3. The highest BCUT2D eigenvalue weighted by Gasteiger charge is 2.27. The minimum Gasteiger partial charge on any atom is -0.461 e. The first-order chi connectivity index (χ1) is 10.5. The third kappa shape index (κ3) is 3.34. The second-order valence-corrected chi connectivity index (χ2v) is 6.19. The van der Waals surface area contributed by atoms with Gasteiger partial charge in [0.2, 0.25) is 0 Å². The summed E-state index contributed by atoms with van der Waals surface area (Å²) in [4.78, 5) is 27.5. The van der Waals surface area contributed by atoms with Crippen molar-refractivity contribution in [3.05, 3.63) is 22.5 Å². The van der Waals surface area contributed by atoms with E-state index in [2.05, 4.69) is 17.2 Å². The van der Waals surface area contributed by atoms with Crippen molar-refractivity contribution in [2.75, 3.05) is 6.61 Å². The van der Waals surface area contributed by atoms with Crippen LogP contribution in [0.4, 0.5) is 0 Å². The van der Waals surface area contributed by atoms with Crippen LogP contribution in [0.3, 0.4) is 0 Å². The smallest absolute Gasteiger partial charge is 0.355 e. The van der Waals surface area contributed by atoms with Crippen molar-refractivity contribution >= 4 is 11.9 Å². The molecule has 0 radical (unpaired) electrons. The number of carbonyl (C=O) groups is 2. The van der Waals surface area contributed by atoms with Crippen LogP contribution < -0.4 is 5.32 Å². The Morgan fingerprint density at radius 1 is 1.27 bits per heavy atom. The quantitative estimate of drug-likeness (QED) is 0.840. The summed E-state index contributed by atoms with van der Waals surface area (Å²) in [5, 5.41) is 3.14. The van der Waals surface area contributed by atoms with E-state index in [0.29, 0.717) is 35.0 Å². The molecule has 5 nitrogen and oxygen atoms in total. The van der Waals surface area contributed by atoms with E-state index in [-0.39, 0.29) is 11.9 Å². The molecule has 1 aliphatic carbocycles. The van der Waals surface area contributed by atoms with Gasteiger partial charge in [-0.3, -0.25) is 4.79 Å². The molecular formula is C17H26N2O3. The highest BCUT2D eigenvalue weighted by molar-refractivity contribution is 6.01. The van der Waals surface area contributed by atoms with Gasteiger partial charge in [-0.05, 0) is 45.1 Å². The van der Waals surface area contributed by atoms with Gasteiger partial charge in [-0.15, -0.1) is 0 Å². The van der Waals surface area contributed by atoms with E-state index in [9.17, 15) is 9.59 Å². The number of rotatable bonds is 4. The van der Waals surface area contributed by atoms with Crippen molar-refractivity contribution in [1.29, 1.82) is 0 Å². The van der Waals surface area contributed by atoms with Crippen LogP contribution in [0.5, 0.6) is 0 Å². The van der Waals surface area contributed by atoms with Crippen LogP contribution in [0.15, 0.2) is 0 Å². The van der Waals surface area contributed by atoms with Crippen LogP contribution in [0.1, 0.15) is 71.6 Å². The SMILES string of the molecule is CCOC(=O)c1[nH]c(C)c(C(=O)NC2CCCCC2C)c1C. The molecule has 1 amide bonds. The van der Waals surface area contributed by atoms with Crippen molar-refractivity contribution in [3.63, 3.8) is 0 Å². The molecule has 122 valence electrons. The molecule has 0 aromatic carbocycles. The largest absolute Gasteiger partial charge is 0.461 e. The standard InChI is InChI=1S/C17H26N2O3/c1-5-22-17(21)15-11(3)14(12(4)18-15)16(20)19-13-9-7-6-8-10(13)2/h10,13,18H,5-9H2,1-4H3,(H,19,20). The summed E-state index contributed by atoms with van der Waals surface area (Å²) in [5.41, 5.74) is 2.32. The summed E-state index contributed by atoms with van der Waals surface area (Å²) in [6.07, 6.45) is 4.58. The van der Waals surface area contributed by atoms with E-state index in [4.69, 9.17) is 4.74 Å². The summed E-state index contributed by atoms with van der Waals surface area (Å²) in [6.45, 7) is 7.87. The fourth-order valence-electron chi connectivity index (χ4n) is 3.27. The Morgan fingerprint density at radius 2 is 1.95 bits per heavy atom. The Bertz CT molecular complexity index is 562. The average Bonchev–Trinajstić information content (AvgIpc) is 2.77. The molecule has 1 fully saturated rings. The highest BCUT2D eigenvalue weighted by Crippen LogP contribution is 2.25. The van der Waals surface area contributed by atoms with E-state index in [1.165, 1.54) is 6.42 Å². The summed E-state index contributed by atoms with van der Waals surface area (Å²) >= 11 is 0. The monoisotopic (exact) mass is 306 g/mol. The van der Waals surface area contributed by atoms with Crippen molar-refractivity contribution < 1.29 is 14.3 Å². The number of esters is 1. The number of nitrogens with one attached hydrogen (secondary N) is 2. The molecule has 5 heteroatoms. The number of aryl methyl sites for hydroxylation is 1. The van der Waals surface area contributed by atoms with Crippen molar-refractivity contribution in [2.24, 2.45) is 5.92 Å². The maximum Gasteiger partial charge on any atom is 0.355 e. The molecule has 0 aliphatic heterocycles. The number of hydrogen-bond acceptors (Lipinski definition) is 3. The van der Waals surface area contributed by atoms with Crippen LogP contribution in [0.2, 0.25) is 0 Å². The van der Waals surface area contributed by atoms with Gasteiger partial charge in [0.05, 0.1) is 12.2 Å². The van der Waals surface area contributed by atoms with Gasteiger partial charge in [0.1, 0.15) is 5.69 Å². The second-order valence-electron chi connectivity index (χ2n) is 6.19. The topological polar surface area (TPSA) is 71.2 Å². The lowest BCUT2D eigenvalue weighted by atomic mass is 9.86. The van der Waals surface area contributed by atoms with Gasteiger partial charge in [-0.25, -0.2) is 4.79 Å². The van der Waals surface area contributed by atoms with Gasteiger partial charge in [0.15, 0.2) is 0 Å². The third-order valence-electron chi connectivity index (χ3n) is 4.57. The molecule has 1 aliphatic rings. The van der Waals surface area contributed by atoms with E-state index in [1.54, 1.807) is 13.8 Å².